The topological polar surface area (TPSA) is 102 Å². The standard InChI is InChI=1S/C28H35BN4O4/c1-18(32(2)29)26(35)31-24(17-19-12-14-21(34)15-13-19)28(37)33-16-6-11-25(33)27(36)30-23-10-5-8-20-7-3-4-9-22(20)23/h3-4,7,9,12-15,18,23-25,34H,5-6,8,10-11,16-17H2,1-2H3,(H,30,36)(H,31,35)/t18-,23+,24-,25-/m0/s1. The molecule has 0 saturated carbocycles. The molecule has 3 N–H and O–H groups in total. The zero-order valence-corrected chi connectivity index (χ0v) is 21.5. The number of fused-ring (bicyclic) bond motifs is 1. The first kappa shape index (κ1) is 26.7. The summed E-state index contributed by atoms with van der Waals surface area (Å²) < 4.78 is 0. The van der Waals surface area contributed by atoms with Crippen LogP contribution in [0.1, 0.15) is 55.3 Å². The van der Waals surface area contributed by atoms with Gasteiger partial charge in [-0.2, -0.15) is 0 Å². The molecule has 0 bridgehead atoms. The third-order valence-corrected chi connectivity index (χ3v) is 7.51. The van der Waals surface area contributed by atoms with E-state index in [1.807, 2.05) is 12.1 Å². The van der Waals surface area contributed by atoms with Crippen LogP contribution in [0, 0.1) is 0 Å². The Hall–Kier alpha value is -3.33. The van der Waals surface area contributed by atoms with E-state index >= 15 is 0 Å². The van der Waals surface area contributed by atoms with E-state index in [2.05, 4.69) is 22.8 Å². The highest BCUT2D eigenvalue weighted by atomic mass is 16.3. The first-order valence-electron chi connectivity index (χ1n) is 13.0. The van der Waals surface area contributed by atoms with Crippen molar-refractivity contribution in [2.45, 2.75) is 69.6 Å². The molecule has 4 rings (SSSR count). The molecule has 8 nitrogen and oxygen atoms in total. The molecule has 4 atom stereocenters. The van der Waals surface area contributed by atoms with Crippen molar-refractivity contribution < 1.29 is 19.5 Å². The Morgan fingerprint density at radius 3 is 2.57 bits per heavy atom. The van der Waals surface area contributed by atoms with E-state index in [1.54, 1.807) is 43.1 Å². The minimum Gasteiger partial charge on any atom is -0.508 e. The maximum absolute atomic E-state index is 13.8. The van der Waals surface area contributed by atoms with Crippen LogP contribution in [-0.4, -0.2) is 72.2 Å². The highest BCUT2D eigenvalue weighted by Crippen LogP contribution is 2.30. The summed E-state index contributed by atoms with van der Waals surface area (Å²) in [7, 11) is 7.35. The Kier molecular flexibility index (Phi) is 8.54. The number of phenolic OH excluding ortho intramolecular Hbond substituents is 1. The van der Waals surface area contributed by atoms with E-state index in [9.17, 15) is 19.5 Å². The first-order valence-corrected chi connectivity index (χ1v) is 13.0. The maximum Gasteiger partial charge on any atom is 0.246 e. The number of benzene rings is 2. The molecule has 2 aromatic rings. The number of nitrogens with zero attached hydrogens (tertiary/aromatic N) is 2. The molecule has 3 amide bonds. The molecule has 2 aliphatic rings. The minimum atomic E-state index is -0.872. The van der Waals surface area contributed by atoms with Crippen LogP contribution >= 0.6 is 0 Å². The zero-order chi connectivity index (χ0) is 26.5. The van der Waals surface area contributed by atoms with Gasteiger partial charge in [0.05, 0.1) is 12.1 Å². The average Bonchev–Trinajstić information content (AvgIpc) is 3.39. The summed E-state index contributed by atoms with van der Waals surface area (Å²) in [6, 6.07) is 12.5. The van der Waals surface area contributed by atoms with Gasteiger partial charge in [0, 0.05) is 13.0 Å². The Bertz CT molecular complexity index is 1120. The van der Waals surface area contributed by atoms with Gasteiger partial charge in [0.15, 0.2) is 7.98 Å². The molecule has 0 unspecified atom stereocenters. The van der Waals surface area contributed by atoms with Crippen LogP contribution in [0.25, 0.3) is 0 Å². The van der Waals surface area contributed by atoms with Gasteiger partial charge in [-0.3, -0.25) is 14.4 Å². The van der Waals surface area contributed by atoms with Crippen molar-refractivity contribution in [3.05, 3.63) is 65.2 Å². The fraction of sp³-hybridized carbons (Fsp3) is 0.464. The van der Waals surface area contributed by atoms with Gasteiger partial charge in [-0.15, -0.1) is 0 Å². The maximum atomic E-state index is 13.8. The van der Waals surface area contributed by atoms with Crippen molar-refractivity contribution in [1.29, 1.82) is 0 Å². The lowest BCUT2D eigenvalue weighted by atomic mass is 9.87. The molecular weight excluding hydrogens is 467 g/mol. The number of carbonyl (C=O) groups is 3. The zero-order valence-electron chi connectivity index (χ0n) is 21.5. The second kappa shape index (κ2) is 11.8. The molecule has 9 heteroatoms. The molecule has 1 aliphatic carbocycles. The number of aryl methyl sites for hydroxylation is 1. The lowest BCUT2D eigenvalue weighted by Crippen LogP contribution is -2.56. The predicted octanol–water partition coefficient (Wildman–Crippen LogP) is 2.01. The van der Waals surface area contributed by atoms with E-state index in [-0.39, 0.29) is 35.9 Å². The Morgan fingerprint density at radius 1 is 1.11 bits per heavy atom. The molecule has 0 aromatic heterocycles. The lowest BCUT2D eigenvalue weighted by molar-refractivity contribution is -0.142. The number of nitrogens with one attached hydrogen (secondary N) is 2. The van der Waals surface area contributed by atoms with Gasteiger partial charge in [0.25, 0.3) is 0 Å². The SMILES string of the molecule is [B]N(C)[C@@H](C)C(=O)N[C@@H](Cc1ccc(O)cc1)C(=O)N1CCC[C@H]1C(=O)N[C@@H]1CCCc2ccccc21. The molecule has 0 spiro atoms. The Balaban J connectivity index is 1.50. The van der Waals surface area contributed by atoms with Gasteiger partial charge in [0.2, 0.25) is 17.7 Å². The second-order valence-corrected chi connectivity index (χ2v) is 10.1. The number of phenols is 1. The fourth-order valence-corrected chi connectivity index (χ4v) is 5.22. The average molecular weight is 502 g/mol. The number of carbonyl (C=O) groups excluding carboxylic acids is 3. The monoisotopic (exact) mass is 502 g/mol. The number of likely N-dealkylation sites (tertiary alicyclic amines) is 1. The molecule has 1 saturated heterocycles. The van der Waals surface area contributed by atoms with Crippen LogP contribution in [0.3, 0.4) is 0 Å². The van der Waals surface area contributed by atoms with Crippen molar-refractivity contribution in [2.24, 2.45) is 0 Å². The lowest BCUT2D eigenvalue weighted by Gasteiger charge is -2.32. The molecule has 37 heavy (non-hydrogen) atoms. The normalized spacial score (nSPS) is 20.7. The van der Waals surface area contributed by atoms with Crippen LogP contribution in [0.15, 0.2) is 48.5 Å². The summed E-state index contributed by atoms with van der Waals surface area (Å²) >= 11 is 0. The molecule has 194 valence electrons. The van der Waals surface area contributed by atoms with Gasteiger partial charge in [-0.25, -0.2) is 0 Å². The van der Waals surface area contributed by atoms with E-state index in [1.165, 1.54) is 10.4 Å². The van der Waals surface area contributed by atoms with E-state index in [4.69, 9.17) is 7.98 Å². The summed E-state index contributed by atoms with van der Waals surface area (Å²) in [5, 5.41) is 15.7. The van der Waals surface area contributed by atoms with Crippen molar-refractivity contribution in [2.75, 3.05) is 13.6 Å². The van der Waals surface area contributed by atoms with E-state index < -0.39 is 18.1 Å². The van der Waals surface area contributed by atoms with Crippen molar-refractivity contribution in [3.8, 4) is 5.75 Å². The third-order valence-electron chi connectivity index (χ3n) is 7.51. The molecule has 1 fully saturated rings. The number of aromatic hydroxyl groups is 1. The van der Waals surface area contributed by atoms with Gasteiger partial charge in [-0.05, 0) is 74.9 Å². The van der Waals surface area contributed by atoms with Gasteiger partial charge < -0.3 is 25.5 Å². The van der Waals surface area contributed by atoms with Crippen LogP contribution in [0.5, 0.6) is 5.75 Å². The first-order chi connectivity index (χ1) is 17.7. The van der Waals surface area contributed by atoms with Crippen LogP contribution in [-0.2, 0) is 27.2 Å². The summed E-state index contributed by atoms with van der Waals surface area (Å²) in [6.45, 7) is 2.11. The van der Waals surface area contributed by atoms with Crippen molar-refractivity contribution >= 4 is 25.7 Å². The molecule has 2 aromatic carbocycles. The number of amides is 3. The van der Waals surface area contributed by atoms with Gasteiger partial charge in [0.1, 0.15) is 17.8 Å². The van der Waals surface area contributed by atoms with Crippen molar-refractivity contribution in [3.63, 3.8) is 0 Å². The molecular formula is C28H35BN4O4. The van der Waals surface area contributed by atoms with E-state index in [0.717, 1.165) is 30.4 Å². The van der Waals surface area contributed by atoms with E-state index in [0.29, 0.717) is 19.4 Å². The van der Waals surface area contributed by atoms with Crippen LogP contribution in [0.4, 0.5) is 0 Å². The second-order valence-electron chi connectivity index (χ2n) is 10.1. The molecule has 2 radical (unpaired) electrons. The quantitative estimate of drug-likeness (QED) is 0.480. The minimum absolute atomic E-state index is 0.0663. The Morgan fingerprint density at radius 2 is 1.84 bits per heavy atom. The molecule has 1 heterocycles. The molecule has 1 aliphatic heterocycles. The predicted molar refractivity (Wildman–Crippen MR) is 142 cm³/mol. The highest BCUT2D eigenvalue weighted by Gasteiger charge is 2.39. The van der Waals surface area contributed by atoms with Crippen LogP contribution < -0.4 is 10.6 Å². The number of hydrogen-bond donors (Lipinski definition) is 3. The van der Waals surface area contributed by atoms with Crippen LogP contribution in [0.2, 0.25) is 0 Å². The number of hydrogen-bond acceptors (Lipinski definition) is 5. The fourth-order valence-electron chi connectivity index (χ4n) is 5.22. The number of rotatable bonds is 8. The summed E-state index contributed by atoms with van der Waals surface area (Å²) in [6.07, 6.45) is 4.40. The summed E-state index contributed by atoms with van der Waals surface area (Å²) in [4.78, 5) is 42.9. The third kappa shape index (κ3) is 6.33. The van der Waals surface area contributed by atoms with Crippen molar-refractivity contribution in [1.82, 2.24) is 20.3 Å². The summed E-state index contributed by atoms with van der Waals surface area (Å²) in [5.74, 6) is -0.705. The van der Waals surface area contributed by atoms with Gasteiger partial charge >= 0.3 is 0 Å². The summed E-state index contributed by atoms with van der Waals surface area (Å²) in [5.41, 5.74) is 3.19. The largest absolute Gasteiger partial charge is 0.508 e. The van der Waals surface area contributed by atoms with Gasteiger partial charge in [-0.1, -0.05) is 36.4 Å². The smallest absolute Gasteiger partial charge is 0.246 e. The highest BCUT2D eigenvalue weighted by molar-refractivity contribution is 6.06. The Labute approximate surface area is 219 Å². The number of likely N-dealkylation sites (N-methyl/N-ethyl adjacent to an activating group) is 1.